The first-order valence-corrected chi connectivity index (χ1v) is 13.7. The number of benzene rings is 1. The molecule has 0 unspecified atom stereocenters. The Morgan fingerprint density at radius 3 is 2.69 bits per heavy atom. The molecule has 39 heavy (non-hydrogen) atoms. The lowest BCUT2D eigenvalue weighted by atomic mass is 10.1. The van der Waals surface area contributed by atoms with Crippen LogP contribution in [-0.2, 0) is 6.54 Å². The van der Waals surface area contributed by atoms with Crippen LogP contribution < -0.4 is 16.0 Å². The van der Waals surface area contributed by atoms with Gasteiger partial charge in [0.1, 0.15) is 17.2 Å². The summed E-state index contributed by atoms with van der Waals surface area (Å²) in [6, 6.07) is 15.4. The molecule has 11 heteroatoms. The lowest BCUT2D eigenvalue weighted by Gasteiger charge is -2.26. The van der Waals surface area contributed by atoms with Crippen molar-refractivity contribution in [3.63, 3.8) is 0 Å². The normalized spacial score (nSPS) is 15.7. The van der Waals surface area contributed by atoms with E-state index in [4.69, 9.17) is 4.52 Å². The molecule has 1 aliphatic heterocycles. The van der Waals surface area contributed by atoms with Crippen LogP contribution in [0.15, 0.2) is 53.1 Å². The highest BCUT2D eigenvalue weighted by molar-refractivity contribution is 5.93. The molecule has 3 aromatic heterocycles. The van der Waals surface area contributed by atoms with Crippen molar-refractivity contribution in [2.24, 2.45) is 0 Å². The molecule has 4 aromatic rings. The highest BCUT2D eigenvalue weighted by Crippen LogP contribution is 2.39. The summed E-state index contributed by atoms with van der Waals surface area (Å²) in [5.41, 5.74) is 3.11. The van der Waals surface area contributed by atoms with Gasteiger partial charge in [-0.25, -0.2) is 4.98 Å². The quantitative estimate of drug-likeness (QED) is 0.225. The number of carbonyl (C=O) groups excluding carboxylic acids is 1. The Kier molecular flexibility index (Phi) is 7.48. The Balaban J connectivity index is 1.15. The van der Waals surface area contributed by atoms with Crippen LogP contribution in [0.1, 0.15) is 60.0 Å². The van der Waals surface area contributed by atoms with Gasteiger partial charge in [-0.1, -0.05) is 41.9 Å². The fourth-order valence-corrected chi connectivity index (χ4v) is 4.75. The standard InChI is InChI=1S/C28H33N9O2/c38-27(29-11-14-37-12-5-2-6-13-37)24-17-25(32-26-16-22(34-35-26)20-9-10-20)33-28(31-24)30-18-21-15-23(36-39-21)19-7-3-1-4-8-19/h1,3-4,7-8,15-17,20H,2,5-6,9-14,18H2,(H,29,38)(H3,30,31,32,33,34,35). The molecule has 1 aromatic carbocycles. The molecule has 1 saturated heterocycles. The van der Waals surface area contributed by atoms with Crippen molar-refractivity contribution in [3.05, 3.63) is 65.7 Å². The first-order chi connectivity index (χ1) is 19.2. The van der Waals surface area contributed by atoms with E-state index >= 15 is 0 Å². The number of carbonyl (C=O) groups is 1. The Bertz CT molecular complexity index is 1390. The number of H-pyrrole nitrogens is 1. The fourth-order valence-electron chi connectivity index (χ4n) is 4.75. The third-order valence-electron chi connectivity index (χ3n) is 7.04. The van der Waals surface area contributed by atoms with E-state index in [0.717, 1.165) is 36.6 Å². The van der Waals surface area contributed by atoms with Gasteiger partial charge >= 0.3 is 0 Å². The molecule has 1 aliphatic carbocycles. The molecule has 1 saturated carbocycles. The number of hydrogen-bond acceptors (Lipinski definition) is 9. The molecule has 0 atom stereocenters. The van der Waals surface area contributed by atoms with Crippen LogP contribution in [0.3, 0.4) is 0 Å². The van der Waals surface area contributed by atoms with Gasteiger partial charge in [0.05, 0.1) is 6.54 Å². The van der Waals surface area contributed by atoms with Crippen LogP contribution in [0.5, 0.6) is 0 Å². The third-order valence-corrected chi connectivity index (χ3v) is 7.04. The number of aromatic nitrogens is 5. The lowest BCUT2D eigenvalue weighted by molar-refractivity contribution is 0.0941. The maximum Gasteiger partial charge on any atom is 0.270 e. The number of nitrogens with zero attached hydrogens (tertiary/aromatic N) is 5. The molecule has 4 heterocycles. The number of amides is 1. The Hall–Kier alpha value is -4.25. The summed E-state index contributed by atoms with van der Waals surface area (Å²) in [5.74, 6) is 2.37. The number of hydrogen-bond donors (Lipinski definition) is 4. The largest absolute Gasteiger partial charge is 0.359 e. The van der Waals surface area contributed by atoms with Crippen molar-refractivity contribution in [3.8, 4) is 11.3 Å². The summed E-state index contributed by atoms with van der Waals surface area (Å²) in [5, 5.41) is 21.0. The van der Waals surface area contributed by atoms with E-state index in [1.807, 2.05) is 42.5 Å². The average Bonchev–Trinajstić information content (AvgIpc) is 3.53. The van der Waals surface area contributed by atoms with Crippen molar-refractivity contribution in [1.82, 2.24) is 35.5 Å². The second-order valence-corrected chi connectivity index (χ2v) is 10.1. The number of nitrogens with one attached hydrogen (secondary N) is 4. The van der Waals surface area contributed by atoms with Crippen molar-refractivity contribution >= 4 is 23.5 Å². The summed E-state index contributed by atoms with van der Waals surface area (Å²) in [7, 11) is 0. The highest BCUT2D eigenvalue weighted by Gasteiger charge is 2.25. The summed E-state index contributed by atoms with van der Waals surface area (Å²) < 4.78 is 5.50. The SMILES string of the molecule is O=C(NCCN1CCCCC1)c1cc(Nc2cc(C3CC3)[nH]n2)nc(NCc2cc(-c3ccccc3)no2)n1. The van der Waals surface area contributed by atoms with Crippen molar-refractivity contribution in [1.29, 1.82) is 0 Å². The van der Waals surface area contributed by atoms with Gasteiger partial charge in [0.25, 0.3) is 5.91 Å². The van der Waals surface area contributed by atoms with Crippen molar-refractivity contribution in [2.75, 3.05) is 36.8 Å². The van der Waals surface area contributed by atoms with Crippen molar-refractivity contribution < 1.29 is 9.32 Å². The predicted octanol–water partition coefficient (Wildman–Crippen LogP) is 4.30. The number of likely N-dealkylation sites (tertiary alicyclic amines) is 1. The molecule has 0 bridgehead atoms. The molecule has 202 valence electrons. The third kappa shape index (κ3) is 6.61. The fraction of sp³-hybridized carbons (Fsp3) is 0.393. The van der Waals surface area contributed by atoms with Gasteiger partial charge in [0, 0.05) is 48.5 Å². The lowest BCUT2D eigenvalue weighted by Crippen LogP contribution is -2.37. The molecule has 4 N–H and O–H groups in total. The maximum atomic E-state index is 13.1. The predicted molar refractivity (Wildman–Crippen MR) is 148 cm³/mol. The van der Waals surface area contributed by atoms with Crippen LogP contribution in [0, 0.1) is 0 Å². The van der Waals surface area contributed by atoms with Crippen LogP contribution in [0.4, 0.5) is 17.6 Å². The van der Waals surface area contributed by atoms with Gasteiger partial charge in [-0.15, -0.1) is 0 Å². The van der Waals surface area contributed by atoms with Gasteiger partial charge < -0.3 is 25.4 Å². The van der Waals surface area contributed by atoms with Gasteiger partial charge in [0.2, 0.25) is 5.95 Å². The molecule has 6 rings (SSSR count). The zero-order valence-corrected chi connectivity index (χ0v) is 21.8. The van der Waals surface area contributed by atoms with E-state index < -0.39 is 0 Å². The van der Waals surface area contributed by atoms with Crippen LogP contribution in [0.25, 0.3) is 11.3 Å². The Morgan fingerprint density at radius 2 is 1.87 bits per heavy atom. The van der Waals surface area contributed by atoms with Gasteiger partial charge in [-0.05, 0) is 38.8 Å². The Labute approximate surface area is 226 Å². The second kappa shape index (κ2) is 11.6. The molecule has 1 amide bonds. The van der Waals surface area contributed by atoms with E-state index in [9.17, 15) is 4.79 Å². The topological polar surface area (TPSA) is 137 Å². The molecular weight excluding hydrogens is 494 g/mol. The zero-order chi connectivity index (χ0) is 26.4. The van der Waals surface area contributed by atoms with Crippen molar-refractivity contribution in [2.45, 2.75) is 44.6 Å². The molecule has 0 spiro atoms. The van der Waals surface area contributed by atoms with Crippen LogP contribution >= 0.6 is 0 Å². The molecule has 2 aliphatic rings. The Morgan fingerprint density at radius 1 is 1.03 bits per heavy atom. The summed E-state index contributed by atoms with van der Waals surface area (Å²) in [6.07, 6.45) is 6.08. The van der Waals surface area contributed by atoms with Crippen LogP contribution in [-0.4, -0.2) is 62.3 Å². The van der Waals surface area contributed by atoms with E-state index in [0.29, 0.717) is 42.4 Å². The maximum absolute atomic E-state index is 13.1. The monoisotopic (exact) mass is 527 g/mol. The number of piperidine rings is 1. The highest BCUT2D eigenvalue weighted by atomic mass is 16.5. The van der Waals surface area contributed by atoms with Crippen LogP contribution in [0.2, 0.25) is 0 Å². The summed E-state index contributed by atoms with van der Waals surface area (Å²) in [4.78, 5) is 24.5. The average molecular weight is 528 g/mol. The number of rotatable bonds is 11. The summed E-state index contributed by atoms with van der Waals surface area (Å²) >= 11 is 0. The minimum absolute atomic E-state index is 0.243. The van der Waals surface area contributed by atoms with Gasteiger partial charge in [-0.3, -0.25) is 9.89 Å². The first-order valence-electron chi connectivity index (χ1n) is 13.7. The summed E-state index contributed by atoms with van der Waals surface area (Å²) in [6.45, 7) is 3.89. The number of anilines is 3. The molecule has 2 fully saturated rings. The number of aromatic amines is 1. The van der Waals surface area contributed by atoms with Gasteiger partial charge in [0.15, 0.2) is 11.6 Å². The minimum atomic E-state index is -0.243. The zero-order valence-electron chi connectivity index (χ0n) is 21.8. The van der Waals surface area contributed by atoms with E-state index in [1.165, 1.54) is 32.1 Å². The second-order valence-electron chi connectivity index (χ2n) is 10.1. The molecule has 0 radical (unpaired) electrons. The molecular formula is C28H33N9O2. The van der Waals surface area contributed by atoms with E-state index in [2.05, 4.69) is 46.2 Å². The first kappa shape index (κ1) is 25.1. The smallest absolute Gasteiger partial charge is 0.270 e. The van der Waals surface area contributed by atoms with E-state index in [-0.39, 0.29) is 11.6 Å². The van der Waals surface area contributed by atoms with E-state index in [1.54, 1.807) is 6.07 Å². The minimum Gasteiger partial charge on any atom is -0.359 e. The van der Waals surface area contributed by atoms with Gasteiger partial charge in [-0.2, -0.15) is 10.1 Å². The molecule has 11 nitrogen and oxygen atoms in total.